The van der Waals surface area contributed by atoms with Crippen LogP contribution in [0.4, 0.5) is 4.39 Å². The summed E-state index contributed by atoms with van der Waals surface area (Å²) >= 11 is 5.96. The van der Waals surface area contributed by atoms with Crippen LogP contribution in [-0.2, 0) is 29.0 Å². The van der Waals surface area contributed by atoms with E-state index < -0.39 is 6.04 Å². The molecule has 0 saturated carbocycles. The molecule has 0 spiro atoms. The van der Waals surface area contributed by atoms with Crippen molar-refractivity contribution >= 4 is 23.4 Å². The molecular weight excluding hydrogens is 443 g/mol. The number of carbonyl (C=O) groups is 2. The number of nitrogens with zero attached hydrogens (tertiary/aromatic N) is 1. The van der Waals surface area contributed by atoms with Crippen LogP contribution in [-0.4, -0.2) is 41.0 Å². The van der Waals surface area contributed by atoms with E-state index >= 15 is 0 Å². The minimum absolute atomic E-state index is 0.0803. The number of hydrogen-bond donors (Lipinski definition) is 2. The summed E-state index contributed by atoms with van der Waals surface area (Å²) in [6.07, 6.45) is 0.378. The van der Waals surface area contributed by atoms with E-state index in [1.165, 1.54) is 17.0 Å². The summed E-state index contributed by atoms with van der Waals surface area (Å²) in [6, 6.07) is 21.4. The quantitative estimate of drug-likeness (QED) is 0.476. The molecule has 0 heterocycles. The zero-order valence-electron chi connectivity index (χ0n) is 18.1. The predicted octanol–water partition coefficient (Wildman–Crippen LogP) is 3.77. The van der Waals surface area contributed by atoms with Crippen molar-refractivity contribution in [3.05, 3.63) is 106 Å². The fourth-order valence-corrected chi connectivity index (χ4v) is 3.64. The number of benzene rings is 3. The first-order chi connectivity index (χ1) is 16.0. The number of nitrogens with one attached hydrogen (secondary N) is 1. The molecule has 0 radical (unpaired) electrons. The Morgan fingerprint density at radius 2 is 1.55 bits per heavy atom. The lowest BCUT2D eigenvalue weighted by Gasteiger charge is -2.31. The third-order valence-electron chi connectivity index (χ3n) is 5.22. The molecule has 0 aliphatic rings. The molecule has 0 bridgehead atoms. The number of halogens is 2. The Kier molecular flexibility index (Phi) is 8.98. The number of amides is 2. The van der Waals surface area contributed by atoms with Crippen molar-refractivity contribution in [1.29, 1.82) is 0 Å². The zero-order valence-corrected chi connectivity index (χ0v) is 18.8. The Hall–Kier alpha value is -3.22. The third-order valence-corrected chi connectivity index (χ3v) is 5.47. The SMILES string of the molecule is O=C(NCCO)[C@H](Cc1ccccc1)N(Cc1ccc(F)cc1)C(=O)Cc1ccc(Cl)cc1. The second-order valence-electron chi connectivity index (χ2n) is 7.67. The summed E-state index contributed by atoms with van der Waals surface area (Å²) in [5, 5.41) is 12.4. The van der Waals surface area contributed by atoms with Crippen LogP contribution in [0.15, 0.2) is 78.9 Å². The molecule has 2 amide bonds. The minimum Gasteiger partial charge on any atom is -0.395 e. The maximum atomic E-state index is 13.5. The number of aliphatic hydroxyl groups excluding tert-OH is 1. The highest BCUT2D eigenvalue weighted by atomic mass is 35.5. The second kappa shape index (κ2) is 12.1. The molecule has 3 rings (SSSR count). The van der Waals surface area contributed by atoms with Gasteiger partial charge in [0.15, 0.2) is 0 Å². The molecule has 3 aromatic carbocycles. The van der Waals surface area contributed by atoms with Gasteiger partial charge in [0.05, 0.1) is 13.0 Å². The highest BCUT2D eigenvalue weighted by Gasteiger charge is 2.30. The summed E-state index contributed by atoms with van der Waals surface area (Å²) in [5.41, 5.74) is 2.36. The van der Waals surface area contributed by atoms with Gasteiger partial charge in [0.1, 0.15) is 11.9 Å². The van der Waals surface area contributed by atoms with Gasteiger partial charge < -0.3 is 15.3 Å². The average molecular weight is 469 g/mol. The number of aliphatic hydroxyl groups is 1. The molecule has 0 aromatic heterocycles. The van der Waals surface area contributed by atoms with Crippen LogP contribution in [0, 0.1) is 5.82 Å². The van der Waals surface area contributed by atoms with Crippen LogP contribution in [0.3, 0.4) is 0 Å². The Morgan fingerprint density at radius 3 is 2.18 bits per heavy atom. The highest BCUT2D eigenvalue weighted by Crippen LogP contribution is 2.18. The van der Waals surface area contributed by atoms with Gasteiger partial charge in [0.2, 0.25) is 11.8 Å². The zero-order chi connectivity index (χ0) is 23.6. The normalized spacial score (nSPS) is 11.6. The summed E-state index contributed by atoms with van der Waals surface area (Å²) < 4.78 is 13.4. The summed E-state index contributed by atoms with van der Waals surface area (Å²) in [6.45, 7) is 0.0110. The molecule has 33 heavy (non-hydrogen) atoms. The number of carbonyl (C=O) groups excluding carboxylic acids is 2. The van der Waals surface area contributed by atoms with E-state index in [0.717, 1.165) is 11.1 Å². The molecule has 0 unspecified atom stereocenters. The Morgan fingerprint density at radius 1 is 0.909 bits per heavy atom. The van der Waals surface area contributed by atoms with Crippen molar-refractivity contribution < 1.29 is 19.1 Å². The van der Waals surface area contributed by atoms with Crippen molar-refractivity contribution in [2.45, 2.75) is 25.4 Å². The largest absolute Gasteiger partial charge is 0.395 e. The fourth-order valence-electron chi connectivity index (χ4n) is 3.52. The van der Waals surface area contributed by atoms with Gasteiger partial charge in [-0.1, -0.05) is 66.2 Å². The fraction of sp³-hybridized carbons (Fsp3) is 0.231. The van der Waals surface area contributed by atoms with Gasteiger partial charge in [-0.2, -0.15) is 0 Å². The smallest absolute Gasteiger partial charge is 0.243 e. The molecular formula is C26H26ClFN2O3. The Balaban J connectivity index is 1.93. The van der Waals surface area contributed by atoms with Crippen molar-refractivity contribution in [3.8, 4) is 0 Å². The lowest BCUT2D eigenvalue weighted by atomic mass is 10.0. The monoisotopic (exact) mass is 468 g/mol. The van der Waals surface area contributed by atoms with Crippen molar-refractivity contribution in [2.75, 3.05) is 13.2 Å². The first kappa shape index (κ1) is 24.4. The highest BCUT2D eigenvalue weighted by molar-refractivity contribution is 6.30. The summed E-state index contributed by atoms with van der Waals surface area (Å²) in [7, 11) is 0. The second-order valence-corrected chi connectivity index (χ2v) is 8.11. The number of hydrogen-bond acceptors (Lipinski definition) is 3. The van der Waals surface area contributed by atoms with E-state index in [-0.39, 0.29) is 43.7 Å². The van der Waals surface area contributed by atoms with Gasteiger partial charge in [-0.25, -0.2) is 4.39 Å². The van der Waals surface area contributed by atoms with E-state index in [9.17, 15) is 19.1 Å². The van der Waals surface area contributed by atoms with Crippen LogP contribution in [0.2, 0.25) is 5.02 Å². The van der Waals surface area contributed by atoms with E-state index in [4.69, 9.17) is 11.6 Å². The summed E-state index contributed by atoms with van der Waals surface area (Å²) in [4.78, 5) is 28.1. The molecule has 7 heteroatoms. The molecule has 5 nitrogen and oxygen atoms in total. The van der Waals surface area contributed by atoms with Crippen LogP contribution < -0.4 is 5.32 Å². The Bertz CT molecular complexity index is 1040. The van der Waals surface area contributed by atoms with Crippen molar-refractivity contribution in [1.82, 2.24) is 10.2 Å². The Labute approximate surface area is 197 Å². The third kappa shape index (κ3) is 7.41. The van der Waals surface area contributed by atoms with Gasteiger partial charge in [-0.3, -0.25) is 9.59 Å². The maximum absolute atomic E-state index is 13.5. The van der Waals surface area contributed by atoms with E-state index in [0.29, 0.717) is 17.0 Å². The van der Waals surface area contributed by atoms with Gasteiger partial charge in [-0.15, -0.1) is 0 Å². The van der Waals surface area contributed by atoms with Crippen LogP contribution in [0.1, 0.15) is 16.7 Å². The predicted molar refractivity (Wildman–Crippen MR) is 126 cm³/mol. The van der Waals surface area contributed by atoms with E-state index in [1.807, 2.05) is 30.3 Å². The van der Waals surface area contributed by atoms with Gasteiger partial charge in [0, 0.05) is 24.5 Å². The molecule has 1 atom stereocenters. The number of rotatable bonds is 10. The van der Waals surface area contributed by atoms with Gasteiger partial charge >= 0.3 is 0 Å². The molecule has 2 N–H and O–H groups in total. The average Bonchev–Trinajstić information content (AvgIpc) is 2.83. The first-order valence-corrected chi connectivity index (χ1v) is 11.0. The van der Waals surface area contributed by atoms with E-state index in [2.05, 4.69) is 5.32 Å². The van der Waals surface area contributed by atoms with Gasteiger partial charge in [0.25, 0.3) is 0 Å². The van der Waals surface area contributed by atoms with Crippen LogP contribution in [0.5, 0.6) is 0 Å². The molecule has 172 valence electrons. The molecule has 0 fully saturated rings. The topological polar surface area (TPSA) is 69.6 Å². The first-order valence-electron chi connectivity index (χ1n) is 10.7. The van der Waals surface area contributed by atoms with Crippen LogP contribution in [0.25, 0.3) is 0 Å². The summed E-state index contributed by atoms with van der Waals surface area (Å²) in [5.74, 6) is -0.986. The maximum Gasteiger partial charge on any atom is 0.243 e. The van der Waals surface area contributed by atoms with Crippen molar-refractivity contribution in [3.63, 3.8) is 0 Å². The molecule has 3 aromatic rings. The van der Waals surface area contributed by atoms with Gasteiger partial charge in [-0.05, 0) is 41.0 Å². The molecule has 0 aliphatic heterocycles. The standard InChI is InChI=1S/C26H26ClFN2O3/c27-22-10-6-20(7-11-22)17-25(32)30(18-21-8-12-23(28)13-9-21)24(26(33)29-14-15-31)16-19-4-2-1-3-5-19/h1-13,24,31H,14-18H2,(H,29,33)/t24-/m0/s1. The lowest BCUT2D eigenvalue weighted by molar-refractivity contribution is -0.140. The van der Waals surface area contributed by atoms with Crippen LogP contribution >= 0.6 is 11.6 Å². The minimum atomic E-state index is -0.816. The van der Waals surface area contributed by atoms with Crippen molar-refractivity contribution in [2.24, 2.45) is 0 Å². The lowest BCUT2D eigenvalue weighted by Crippen LogP contribution is -2.51. The van der Waals surface area contributed by atoms with E-state index in [1.54, 1.807) is 36.4 Å². The molecule has 0 saturated heterocycles. The molecule has 0 aliphatic carbocycles.